The molecule has 2 aromatic heterocycles. The van der Waals surface area contributed by atoms with Crippen LogP contribution >= 0.6 is 0 Å². The minimum absolute atomic E-state index is 0.173. The Morgan fingerprint density at radius 1 is 1.07 bits per heavy atom. The van der Waals surface area contributed by atoms with Crippen molar-refractivity contribution in [1.29, 1.82) is 0 Å². The summed E-state index contributed by atoms with van der Waals surface area (Å²) in [5, 5.41) is 9.97. The number of halogens is 6. The summed E-state index contributed by atoms with van der Waals surface area (Å²) in [6.07, 6.45) is -9.19. The van der Waals surface area contributed by atoms with Gasteiger partial charge >= 0.3 is 18.0 Å². The first kappa shape index (κ1) is 21.9. The van der Waals surface area contributed by atoms with E-state index < -0.39 is 44.0 Å². The van der Waals surface area contributed by atoms with Crippen LogP contribution in [0, 0.1) is 0 Å². The maximum atomic E-state index is 13.1. The zero-order valence-electron chi connectivity index (χ0n) is 15.4. The van der Waals surface area contributed by atoms with Crippen LogP contribution in [0.1, 0.15) is 18.1 Å². The molecule has 0 radical (unpaired) electrons. The number of benzene rings is 1. The number of aromatic nitrogens is 3. The third kappa shape index (κ3) is 3.68. The molecule has 0 spiro atoms. The fraction of sp³-hybridized carbons (Fsp3) is 0.294. The van der Waals surface area contributed by atoms with E-state index in [4.69, 9.17) is 0 Å². The molecule has 3 aromatic rings. The molecule has 0 fully saturated rings. The van der Waals surface area contributed by atoms with Crippen molar-refractivity contribution < 1.29 is 44.7 Å². The van der Waals surface area contributed by atoms with Crippen molar-refractivity contribution in [3.05, 3.63) is 41.6 Å². The van der Waals surface area contributed by atoms with Gasteiger partial charge < -0.3 is 5.21 Å². The SMILES string of the molecule is CCS(=O)(=O)c1cc(C(F)(F)F)ccc1-c1nc2cc(C(F)(F)F)c[n+](O)c2n1C. The maximum absolute atomic E-state index is 13.1. The topological polar surface area (TPSA) is 76.1 Å². The Balaban J connectivity index is 2.35. The van der Waals surface area contributed by atoms with E-state index in [0.717, 1.165) is 10.6 Å². The number of sulfone groups is 1. The lowest BCUT2D eigenvalue weighted by Crippen LogP contribution is -2.34. The van der Waals surface area contributed by atoms with E-state index in [9.17, 15) is 40.0 Å². The van der Waals surface area contributed by atoms with Crippen LogP contribution in [0.15, 0.2) is 35.4 Å². The molecular weight excluding hydrogens is 440 g/mol. The van der Waals surface area contributed by atoms with Crippen LogP contribution in [0.4, 0.5) is 26.3 Å². The van der Waals surface area contributed by atoms with Crippen molar-refractivity contribution in [3.8, 4) is 11.4 Å². The summed E-state index contributed by atoms with van der Waals surface area (Å²) in [6.45, 7) is 1.24. The van der Waals surface area contributed by atoms with Gasteiger partial charge in [0, 0.05) is 0 Å². The highest BCUT2D eigenvalue weighted by molar-refractivity contribution is 7.91. The largest absolute Gasteiger partial charge is 0.420 e. The molecular formula is C17H14F6N3O3S+. The van der Waals surface area contributed by atoms with Gasteiger partial charge in [-0.25, -0.2) is 18.0 Å². The van der Waals surface area contributed by atoms with Crippen molar-refractivity contribution >= 4 is 21.0 Å². The Kier molecular flexibility index (Phi) is 5.00. The molecule has 6 nitrogen and oxygen atoms in total. The molecule has 2 heterocycles. The molecule has 1 N–H and O–H groups in total. The third-order valence-electron chi connectivity index (χ3n) is 4.45. The molecule has 13 heteroatoms. The summed E-state index contributed by atoms with van der Waals surface area (Å²) in [5.74, 6) is -0.739. The molecule has 0 aliphatic heterocycles. The van der Waals surface area contributed by atoms with Crippen LogP contribution in [-0.4, -0.2) is 28.9 Å². The van der Waals surface area contributed by atoms with E-state index in [-0.39, 0.29) is 27.3 Å². The fourth-order valence-corrected chi connectivity index (χ4v) is 4.06. The predicted octanol–water partition coefficient (Wildman–Crippen LogP) is 3.60. The number of hydrogen-bond acceptors (Lipinski definition) is 4. The average Bonchev–Trinajstić information content (AvgIpc) is 2.96. The zero-order chi connectivity index (χ0) is 22.6. The minimum atomic E-state index is -4.81. The van der Waals surface area contributed by atoms with E-state index in [2.05, 4.69) is 4.98 Å². The second-order valence-corrected chi connectivity index (χ2v) is 8.63. The van der Waals surface area contributed by atoms with Crippen LogP contribution in [0.3, 0.4) is 0 Å². The summed E-state index contributed by atoms with van der Waals surface area (Å²) in [7, 11) is -2.88. The lowest BCUT2D eigenvalue weighted by Gasteiger charge is -2.12. The third-order valence-corrected chi connectivity index (χ3v) is 6.22. The van der Waals surface area contributed by atoms with Gasteiger partial charge in [-0.15, -0.1) is 0 Å². The Morgan fingerprint density at radius 2 is 1.67 bits per heavy atom. The average molecular weight is 454 g/mol. The molecule has 0 atom stereocenters. The number of rotatable bonds is 3. The number of hydrogen-bond donors (Lipinski definition) is 1. The molecule has 0 aliphatic rings. The van der Waals surface area contributed by atoms with Gasteiger partial charge in [0.25, 0.3) is 0 Å². The van der Waals surface area contributed by atoms with E-state index in [1.807, 2.05) is 0 Å². The highest BCUT2D eigenvalue weighted by Gasteiger charge is 2.37. The lowest BCUT2D eigenvalue weighted by atomic mass is 10.1. The molecule has 1 aromatic carbocycles. The van der Waals surface area contributed by atoms with Crippen molar-refractivity contribution in [1.82, 2.24) is 9.55 Å². The maximum Gasteiger partial charge on any atom is 0.420 e. The van der Waals surface area contributed by atoms with Gasteiger partial charge in [0.15, 0.2) is 15.4 Å². The Bertz CT molecular complexity index is 1250. The van der Waals surface area contributed by atoms with Gasteiger partial charge in [-0.1, -0.05) is 6.92 Å². The Hall–Kier alpha value is -2.83. The van der Waals surface area contributed by atoms with Crippen molar-refractivity contribution in [2.24, 2.45) is 7.05 Å². The predicted molar refractivity (Wildman–Crippen MR) is 91.3 cm³/mol. The van der Waals surface area contributed by atoms with E-state index in [1.165, 1.54) is 14.0 Å². The summed E-state index contributed by atoms with van der Waals surface area (Å²) < 4.78 is 104. The number of alkyl halides is 6. The van der Waals surface area contributed by atoms with Crippen LogP contribution in [0.5, 0.6) is 0 Å². The highest BCUT2D eigenvalue weighted by atomic mass is 32.2. The fourth-order valence-electron chi connectivity index (χ4n) is 2.95. The van der Waals surface area contributed by atoms with Crippen molar-refractivity contribution in [2.45, 2.75) is 24.2 Å². The molecule has 30 heavy (non-hydrogen) atoms. The minimum Gasteiger partial charge on any atom is -0.350 e. The Labute approximate surface area is 165 Å². The smallest absolute Gasteiger partial charge is 0.350 e. The molecule has 0 saturated heterocycles. The number of fused-ring (bicyclic) bond motifs is 1. The summed E-state index contributed by atoms with van der Waals surface area (Å²) in [4.78, 5) is 3.29. The first-order chi connectivity index (χ1) is 13.7. The summed E-state index contributed by atoms with van der Waals surface area (Å²) >= 11 is 0. The van der Waals surface area contributed by atoms with Gasteiger partial charge in [0.2, 0.25) is 5.82 Å². The van der Waals surface area contributed by atoms with E-state index in [0.29, 0.717) is 24.4 Å². The molecule has 0 aliphatic carbocycles. The number of pyridine rings is 1. The summed E-state index contributed by atoms with van der Waals surface area (Å²) in [6, 6.07) is 2.64. The van der Waals surface area contributed by atoms with Crippen LogP contribution in [-0.2, 0) is 29.2 Å². The molecule has 0 unspecified atom stereocenters. The van der Waals surface area contributed by atoms with Gasteiger partial charge in [0.1, 0.15) is 11.8 Å². The van der Waals surface area contributed by atoms with Crippen LogP contribution < -0.4 is 4.73 Å². The van der Waals surface area contributed by atoms with E-state index in [1.54, 1.807) is 0 Å². The van der Waals surface area contributed by atoms with Crippen LogP contribution in [0.25, 0.3) is 22.6 Å². The van der Waals surface area contributed by atoms with Crippen molar-refractivity contribution in [3.63, 3.8) is 0 Å². The quantitative estimate of drug-likeness (QED) is 0.373. The lowest BCUT2D eigenvalue weighted by molar-refractivity contribution is -0.886. The first-order valence-corrected chi connectivity index (χ1v) is 9.95. The standard InChI is InChI=1S/C17H14F6N3O3S/c1-3-30(28,29)13-7-9(16(18,19)20)4-5-11(13)14-24-12-6-10(17(21,22)23)8-26(27)15(12)25(14)2/h4-8,27H,3H2,1-2H3/q+1. The molecule has 0 amide bonds. The second kappa shape index (κ2) is 6.86. The Morgan fingerprint density at radius 3 is 2.20 bits per heavy atom. The normalized spacial score (nSPS) is 13.2. The van der Waals surface area contributed by atoms with Gasteiger partial charge in [-0.05, 0) is 29.0 Å². The molecule has 0 bridgehead atoms. The first-order valence-electron chi connectivity index (χ1n) is 8.29. The van der Waals surface area contributed by atoms with Gasteiger partial charge in [-0.3, -0.25) is 0 Å². The number of imidazole rings is 1. The number of nitrogens with zero attached hydrogens (tertiary/aromatic N) is 3. The monoisotopic (exact) mass is 454 g/mol. The van der Waals surface area contributed by atoms with Crippen molar-refractivity contribution in [2.75, 3.05) is 5.75 Å². The zero-order valence-corrected chi connectivity index (χ0v) is 16.2. The van der Waals surface area contributed by atoms with Crippen LogP contribution in [0.2, 0.25) is 0 Å². The molecule has 162 valence electrons. The summed E-state index contributed by atoms with van der Waals surface area (Å²) in [5.41, 5.74) is -3.19. The number of aryl methyl sites for hydroxylation is 1. The molecule has 0 saturated carbocycles. The van der Waals surface area contributed by atoms with Gasteiger partial charge in [-0.2, -0.15) is 26.3 Å². The van der Waals surface area contributed by atoms with E-state index >= 15 is 0 Å². The highest BCUT2D eigenvalue weighted by Crippen LogP contribution is 2.36. The second-order valence-electron chi connectivity index (χ2n) is 6.39. The van der Waals surface area contributed by atoms with Gasteiger partial charge in [0.05, 0.1) is 28.8 Å². The molecule has 3 rings (SSSR count).